The molecule has 1 aromatic rings. The number of ether oxygens (including phenoxy) is 1. The van der Waals surface area contributed by atoms with Crippen LogP contribution in [0.3, 0.4) is 0 Å². The Morgan fingerprint density at radius 2 is 1.86 bits per heavy atom. The van der Waals surface area contributed by atoms with E-state index >= 15 is 0 Å². The van der Waals surface area contributed by atoms with E-state index in [-0.39, 0.29) is 0 Å². The maximum atomic E-state index is 5.55. The van der Waals surface area contributed by atoms with Crippen LogP contribution in [0.5, 0.6) is 0 Å². The van der Waals surface area contributed by atoms with Crippen LogP contribution in [-0.4, -0.2) is 44.3 Å². The maximum Gasteiger partial charge on any atom is 0.0659 e. The third-order valence-corrected chi connectivity index (χ3v) is 4.85. The zero-order valence-corrected chi connectivity index (χ0v) is 13.1. The van der Waals surface area contributed by atoms with Gasteiger partial charge in [0.15, 0.2) is 0 Å². The van der Waals surface area contributed by atoms with Crippen LogP contribution in [0.15, 0.2) is 30.3 Å². The molecular weight excluding hydrogens is 260 g/mol. The van der Waals surface area contributed by atoms with E-state index in [2.05, 4.69) is 40.5 Å². The van der Waals surface area contributed by atoms with Crippen molar-refractivity contribution in [2.24, 2.45) is 5.92 Å². The van der Waals surface area contributed by atoms with Crippen molar-refractivity contribution >= 4 is 0 Å². The van der Waals surface area contributed by atoms with Gasteiger partial charge >= 0.3 is 0 Å². The fourth-order valence-electron chi connectivity index (χ4n) is 3.52. The summed E-state index contributed by atoms with van der Waals surface area (Å²) in [5.74, 6) is 0.843. The summed E-state index contributed by atoms with van der Waals surface area (Å²) < 4.78 is 5.55. The van der Waals surface area contributed by atoms with E-state index in [4.69, 9.17) is 4.74 Å². The van der Waals surface area contributed by atoms with Gasteiger partial charge in [0.05, 0.1) is 12.6 Å². The van der Waals surface area contributed by atoms with Gasteiger partial charge in [0.1, 0.15) is 0 Å². The lowest BCUT2D eigenvalue weighted by Gasteiger charge is -2.36. The molecule has 116 valence electrons. The van der Waals surface area contributed by atoms with Crippen molar-refractivity contribution in [2.75, 3.05) is 33.4 Å². The van der Waals surface area contributed by atoms with E-state index in [0.29, 0.717) is 6.04 Å². The van der Waals surface area contributed by atoms with Crippen LogP contribution >= 0.6 is 0 Å². The number of methoxy groups -OCH3 is 1. The molecule has 21 heavy (non-hydrogen) atoms. The predicted octanol–water partition coefficient (Wildman–Crippen LogP) is 2.84. The molecule has 1 heterocycles. The topological polar surface area (TPSA) is 24.5 Å². The van der Waals surface area contributed by atoms with Gasteiger partial charge in [-0.05, 0) is 50.3 Å². The van der Waals surface area contributed by atoms with Crippen LogP contribution < -0.4 is 5.32 Å². The number of benzene rings is 1. The lowest BCUT2D eigenvalue weighted by Crippen LogP contribution is -2.40. The number of hydrogen-bond donors (Lipinski definition) is 1. The Hall–Kier alpha value is -0.900. The van der Waals surface area contributed by atoms with Gasteiger partial charge in [0, 0.05) is 19.7 Å². The monoisotopic (exact) mass is 288 g/mol. The summed E-state index contributed by atoms with van der Waals surface area (Å²) >= 11 is 0. The summed E-state index contributed by atoms with van der Waals surface area (Å²) in [5, 5.41) is 3.48. The van der Waals surface area contributed by atoms with E-state index in [0.717, 1.165) is 18.6 Å². The molecule has 1 saturated heterocycles. The van der Waals surface area contributed by atoms with Crippen LogP contribution in [0.25, 0.3) is 0 Å². The summed E-state index contributed by atoms with van der Waals surface area (Å²) in [4.78, 5) is 2.73. The standard InChI is InChI=1S/C18H28N2O/c1-21-14-18(16-5-3-2-4-6-16)20(17-7-8-17)13-15-9-11-19-12-10-15/h2-6,15,17-19H,7-14H2,1H3. The molecule has 3 nitrogen and oxygen atoms in total. The molecule has 0 spiro atoms. The van der Waals surface area contributed by atoms with Crippen molar-refractivity contribution in [1.29, 1.82) is 0 Å². The first-order valence-electron chi connectivity index (χ1n) is 8.39. The quantitative estimate of drug-likeness (QED) is 0.835. The maximum absolute atomic E-state index is 5.55. The van der Waals surface area contributed by atoms with E-state index in [1.54, 1.807) is 0 Å². The highest BCUT2D eigenvalue weighted by Gasteiger charge is 2.36. The second-order valence-corrected chi connectivity index (χ2v) is 6.50. The SMILES string of the molecule is COCC(c1ccccc1)N(CC1CCNCC1)C1CC1. The van der Waals surface area contributed by atoms with Gasteiger partial charge in [-0.1, -0.05) is 30.3 Å². The third kappa shape index (κ3) is 4.06. The van der Waals surface area contributed by atoms with E-state index < -0.39 is 0 Å². The van der Waals surface area contributed by atoms with Gasteiger partial charge in [0.2, 0.25) is 0 Å². The molecule has 1 unspecified atom stereocenters. The van der Waals surface area contributed by atoms with Crippen molar-refractivity contribution < 1.29 is 4.74 Å². The van der Waals surface area contributed by atoms with Crippen LogP contribution in [0, 0.1) is 5.92 Å². The average Bonchev–Trinajstić information content (AvgIpc) is 3.37. The Labute approximate surface area is 128 Å². The molecular formula is C18H28N2O. The molecule has 3 heteroatoms. The smallest absolute Gasteiger partial charge is 0.0659 e. The molecule has 1 saturated carbocycles. The summed E-state index contributed by atoms with van der Waals surface area (Å²) in [6, 6.07) is 12.1. The van der Waals surface area contributed by atoms with Crippen LogP contribution in [-0.2, 0) is 4.74 Å². The van der Waals surface area contributed by atoms with Crippen molar-refractivity contribution in [3.05, 3.63) is 35.9 Å². The Morgan fingerprint density at radius 1 is 1.14 bits per heavy atom. The Kier molecular flexibility index (Phi) is 5.28. The van der Waals surface area contributed by atoms with E-state index in [9.17, 15) is 0 Å². The minimum atomic E-state index is 0.415. The Bertz CT molecular complexity index is 412. The number of hydrogen-bond acceptors (Lipinski definition) is 3. The zero-order chi connectivity index (χ0) is 14.5. The lowest BCUT2D eigenvalue weighted by atomic mass is 9.95. The van der Waals surface area contributed by atoms with Crippen LogP contribution in [0.4, 0.5) is 0 Å². The molecule has 0 bridgehead atoms. The van der Waals surface area contributed by atoms with Gasteiger partial charge in [0.25, 0.3) is 0 Å². The van der Waals surface area contributed by atoms with Gasteiger partial charge in [-0.3, -0.25) is 4.90 Å². The zero-order valence-electron chi connectivity index (χ0n) is 13.1. The Balaban J connectivity index is 1.73. The molecule has 2 aliphatic rings. The number of piperidine rings is 1. The second kappa shape index (κ2) is 7.39. The molecule has 0 aromatic heterocycles. The largest absolute Gasteiger partial charge is 0.383 e. The normalized spacial score (nSPS) is 21.6. The molecule has 1 N–H and O–H groups in total. The van der Waals surface area contributed by atoms with Crippen molar-refractivity contribution in [2.45, 2.75) is 37.8 Å². The average molecular weight is 288 g/mol. The third-order valence-electron chi connectivity index (χ3n) is 4.85. The number of nitrogens with zero attached hydrogens (tertiary/aromatic N) is 1. The molecule has 1 aliphatic heterocycles. The molecule has 0 radical (unpaired) electrons. The van der Waals surface area contributed by atoms with Gasteiger partial charge < -0.3 is 10.1 Å². The summed E-state index contributed by atoms with van der Waals surface area (Å²) in [7, 11) is 1.82. The van der Waals surface area contributed by atoms with Crippen molar-refractivity contribution in [3.8, 4) is 0 Å². The molecule has 0 amide bonds. The fraction of sp³-hybridized carbons (Fsp3) is 0.667. The minimum absolute atomic E-state index is 0.415. The molecule has 2 fully saturated rings. The highest BCUT2D eigenvalue weighted by atomic mass is 16.5. The first-order valence-corrected chi connectivity index (χ1v) is 8.39. The predicted molar refractivity (Wildman–Crippen MR) is 86.4 cm³/mol. The first kappa shape index (κ1) is 15.0. The van der Waals surface area contributed by atoms with Gasteiger partial charge in [-0.2, -0.15) is 0 Å². The molecule has 3 rings (SSSR count). The number of rotatable bonds is 7. The summed E-state index contributed by atoms with van der Waals surface area (Å²) in [6.07, 6.45) is 5.35. The van der Waals surface area contributed by atoms with Crippen molar-refractivity contribution in [1.82, 2.24) is 10.2 Å². The lowest BCUT2D eigenvalue weighted by molar-refractivity contribution is 0.0682. The second-order valence-electron chi connectivity index (χ2n) is 6.50. The number of nitrogens with one attached hydrogen (secondary N) is 1. The first-order chi connectivity index (χ1) is 10.4. The van der Waals surface area contributed by atoms with Gasteiger partial charge in [-0.15, -0.1) is 0 Å². The summed E-state index contributed by atoms with van der Waals surface area (Å²) in [6.45, 7) is 4.40. The summed E-state index contributed by atoms with van der Waals surface area (Å²) in [5.41, 5.74) is 1.40. The van der Waals surface area contributed by atoms with Crippen LogP contribution in [0.1, 0.15) is 37.3 Å². The highest BCUT2D eigenvalue weighted by Crippen LogP contribution is 2.36. The van der Waals surface area contributed by atoms with Crippen molar-refractivity contribution in [3.63, 3.8) is 0 Å². The van der Waals surface area contributed by atoms with E-state index in [1.807, 2.05) is 7.11 Å². The molecule has 1 atom stereocenters. The van der Waals surface area contributed by atoms with Crippen LogP contribution in [0.2, 0.25) is 0 Å². The Morgan fingerprint density at radius 3 is 2.48 bits per heavy atom. The minimum Gasteiger partial charge on any atom is -0.383 e. The van der Waals surface area contributed by atoms with Gasteiger partial charge in [-0.25, -0.2) is 0 Å². The molecule has 1 aromatic carbocycles. The molecule has 1 aliphatic carbocycles. The highest BCUT2D eigenvalue weighted by molar-refractivity contribution is 5.20. The van der Waals surface area contributed by atoms with E-state index in [1.165, 1.54) is 50.9 Å². The fourth-order valence-corrected chi connectivity index (χ4v) is 3.52.